The third-order valence-corrected chi connectivity index (χ3v) is 4.22. The molecule has 6 heteroatoms. The minimum Gasteiger partial charge on any atom is -0.493 e. The lowest BCUT2D eigenvalue weighted by Crippen LogP contribution is -1.99. The average molecular weight is 349 g/mol. The van der Waals surface area contributed by atoms with Crippen LogP contribution in [-0.2, 0) is 0 Å². The summed E-state index contributed by atoms with van der Waals surface area (Å²) in [6, 6.07) is 13.9. The van der Waals surface area contributed by atoms with Gasteiger partial charge in [-0.15, -0.1) is 0 Å². The lowest BCUT2D eigenvalue weighted by molar-refractivity contribution is 0.356. The van der Waals surface area contributed by atoms with Gasteiger partial charge in [0.2, 0.25) is 0 Å². The van der Waals surface area contributed by atoms with E-state index in [1.165, 1.54) is 18.5 Å². The first-order valence-corrected chi connectivity index (χ1v) is 8.01. The Hall–Kier alpha value is -3.41. The molecular formula is C20H16FN3O2. The van der Waals surface area contributed by atoms with Crippen LogP contribution in [0, 0.1) is 5.82 Å². The number of halogens is 1. The SMILES string of the molecule is COc1cc2ncnc(-c3cccn3-c3cccc(F)c3)c2cc1OC. The Morgan fingerprint density at radius 2 is 1.73 bits per heavy atom. The normalized spacial score (nSPS) is 10.9. The van der Waals surface area contributed by atoms with Crippen molar-refractivity contribution >= 4 is 10.9 Å². The van der Waals surface area contributed by atoms with Gasteiger partial charge in [-0.2, -0.15) is 0 Å². The maximum absolute atomic E-state index is 13.7. The maximum atomic E-state index is 13.7. The van der Waals surface area contributed by atoms with E-state index < -0.39 is 0 Å². The summed E-state index contributed by atoms with van der Waals surface area (Å²) < 4.78 is 26.3. The van der Waals surface area contributed by atoms with Gasteiger partial charge in [0.15, 0.2) is 11.5 Å². The molecule has 0 saturated carbocycles. The molecule has 2 aromatic heterocycles. The van der Waals surface area contributed by atoms with E-state index in [0.717, 1.165) is 28.0 Å². The van der Waals surface area contributed by atoms with Gasteiger partial charge in [0.25, 0.3) is 0 Å². The number of aromatic nitrogens is 3. The first kappa shape index (κ1) is 16.1. The second-order valence-electron chi connectivity index (χ2n) is 5.69. The van der Waals surface area contributed by atoms with Gasteiger partial charge < -0.3 is 14.0 Å². The highest BCUT2D eigenvalue weighted by molar-refractivity contribution is 5.93. The molecule has 2 aromatic carbocycles. The molecule has 0 aliphatic rings. The van der Waals surface area contributed by atoms with Crippen LogP contribution < -0.4 is 9.47 Å². The number of benzene rings is 2. The molecule has 0 aliphatic carbocycles. The summed E-state index contributed by atoms with van der Waals surface area (Å²) in [5.41, 5.74) is 3.01. The number of hydrogen-bond donors (Lipinski definition) is 0. The predicted octanol–water partition coefficient (Wildman–Crippen LogP) is 4.24. The van der Waals surface area contributed by atoms with Crippen molar-refractivity contribution in [3.05, 3.63) is 66.9 Å². The third kappa shape index (κ3) is 2.65. The van der Waals surface area contributed by atoms with Crippen LogP contribution in [0.5, 0.6) is 11.5 Å². The monoisotopic (exact) mass is 349 g/mol. The Kier molecular flexibility index (Phi) is 4.01. The molecule has 26 heavy (non-hydrogen) atoms. The summed E-state index contributed by atoms with van der Waals surface area (Å²) in [7, 11) is 3.17. The van der Waals surface area contributed by atoms with E-state index >= 15 is 0 Å². The highest BCUT2D eigenvalue weighted by atomic mass is 19.1. The predicted molar refractivity (Wildman–Crippen MR) is 97.4 cm³/mol. The van der Waals surface area contributed by atoms with Gasteiger partial charge in [0, 0.05) is 23.3 Å². The second kappa shape index (κ2) is 6.48. The summed E-state index contributed by atoms with van der Waals surface area (Å²) in [5, 5.41) is 0.821. The Morgan fingerprint density at radius 3 is 2.50 bits per heavy atom. The summed E-state index contributed by atoms with van der Waals surface area (Å²) in [4.78, 5) is 8.80. The molecule has 130 valence electrons. The van der Waals surface area contributed by atoms with E-state index in [0.29, 0.717) is 11.5 Å². The average Bonchev–Trinajstić information content (AvgIpc) is 3.16. The summed E-state index contributed by atoms with van der Waals surface area (Å²) in [6.07, 6.45) is 3.38. The molecule has 0 spiro atoms. The fourth-order valence-corrected chi connectivity index (χ4v) is 3.01. The van der Waals surface area contributed by atoms with Crippen LogP contribution in [0.15, 0.2) is 61.1 Å². The molecule has 5 nitrogen and oxygen atoms in total. The van der Waals surface area contributed by atoms with Crippen LogP contribution in [0.2, 0.25) is 0 Å². The molecule has 0 unspecified atom stereocenters. The zero-order chi connectivity index (χ0) is 18.1. The molecule has 0 saturated heterocycles. The molecule has 0 amide bonds. The lowest BCUT2D eigenvalue weighted by atomic mass is 10.1. The zero-order valence-electron chi connectivity index (χ0n) is 14.3. The van der Waals surface area contributed by atoms with Gasteiger partial charge in [-0.25, -0.2) is 14.4 Å². The second-order valence-corrected chi connectivity index (χ2v) is 5.69. The minimum absolute atomic E-state index is 0.291. The Morgan fingerprint density at radius 1 is 0.923 bits per heavy atom. The fraction of sp³-hybridized carbons (Fsp3) is 0.100. The number of hydrogen-bond acceptors (Lipinski definition) is 4. The van der Waals surface area contributed by atoms with Crippen LogP contribution in [0.3, 0.4) is 0 Å². The molecular weight excluding hydrogens is 333 g/mol. The van der Waals surface area contributed by atoms with Gasteiger partial charge in [-0.1, -0.05) is 6.07 Å². The number of ether oxygens (including phenoxy) is 2. The van der Waals surface area contributed by atoms with Crippen molar-refractivity contribution in [2.45, 2.75) is 0 Å². The van der Waals surface area contributed by atoms with Crippen molar-refractivity contribution in [2.24, 2.45) is 0 Å². The highest BCUT2D eigenvalue weighted by Gasteiger charge is 2.15. The number of methoxy groups -OCH3 is 2. The van der Waals surface area contributed by atoms with Gasteiger partial charge in [-0.05, 0) is 36.4 Å². The number of rotatable bonds is 4. The van der Waals surface area contributed by atoms with E-state index in [1.54, 1.807) is 20.3 Å². The third-order valence-electron chi connectivity index (χ3n) is 4.22. The molecule has 4 rings (SSSR count). The molecule has 2 heterocycles. The van der Waals surface area contributed by atoms with Crippen LogP contribution in [-0.4, -0.2) is 28.8 Å². The van der Waals surface area contributed by atoms with Crippen molar-refractivity contribution in [1.82, 2.24) is 14.5 Å². The molecule has 0 aliphatic heterocycles. The topological polar surface area (TPSA) is 49.2 Å². The molecule has 0 N–H and O–H groups in total. The van der Waals surface area contributed by atoms with Gasteiger partial charge in [0.05, 0.1) is 31.1 Å². The first-order valence-electron chi connectivity index (χ1n) is 8.01. The van der Waals surface area contributed by atoms with E-state index in [4.69, 9.17) is 9.47 Å². The smallest absolute Gasteiger partial charge is 0.162 e. The van der Waals surface area contributed by atoms with Crippen molar-refractivity contribution in [3.63, 3.8) is 0 Å². The first-order chi connectivity index (χ1) is 12.7. The Balaban J connectivity index is 1.95. The van der Waals surface area contributed by atoms with Crippen LogP contribution in [0.25, 0.3) is 28.0 Å². The van der Waals surface area contributed by atoms with Crippen molar-refractivity contribution in [2.75, 3.05) is 14.2 Å². The Labute approximate surface area is 149 Å². The van der Waals surface area contributed by atoms with Crippen LogP contribution in [0.1, 0.15) is 0 Å². The molecule has 0 atom stereocenters. The van der Waals surface area contributed by atoms with Crippen LogP contribution >= 0.6 is 0 Å². The van der Waals surface area contributed by atoms with E-state index in [1.807, 2.05) is 41.1 Å². The van der Waals surface area contributed by atoms with Crippen molar-refractivity contribution < 1.29 is 13.9 Å². The summed E-state index contributed by atoms with van der Waals surface area (Å²) in [5.74, 6) is 0.908. The minimum atomic E-state index is -0.291. The van der Waals surface area contributed by atoms with Gasteiger partial charge in [0.1, 0.15) is 12.1 Å². The standard InChI is InChI=1S/C20H16FN3O2/c1-25-18-10-15-16(11-19(18)26-2)22-12-23-20(15)17-7-4-8-24(17)14-6-3-5-13(21)9-14/h3-12H,1-2H3. The largest absolute Gasteiger partial charge is 0.493 e. The van der Waals surface area contributed by atoms with Crippen molar-refractivity contribution in [3.8, 4) is 28.6 Å². The summed E-state index contributed by atoms with van der Waals surface area (Å²) >= 11 is 0. The summed E-state index contributed by atoms with van der Waals surface area (Å²) in [6.45, 7) is 0. The molecule has 0 fully saturated rings. The maximum Gasteiger partial charge on any atom is 0.162 e. The van der Waals surface area contributed by atoms with Gasteiger partial charge >= 0.3 is 0 Å². The van der Waals surface area contributed by atoms with Crippen molar-refractivity contribution in [1.29, 1.82) is 0 Å². The molecule has 0 radical (unpaired) electrons. The highest BCUT2D eigenvalue weighted by Crippen LogP contribution is 2.35. The molecule has 0 bridgehead atoms. The van der Waals surface area contributed by atoms with E-state index in [2.05, 4.69) is 9.97 Å². The fourth-order valence-electron chi connectivity index (χ4n) is 3.01. The quantitative estimate of drug-likeness (QED) is 0.553. The lowest BCUT2D eigenvalue weighted by Gasteiger charge is -2.13. The zero-order valence-corrected chi connectivity index (χ0v) is 14.3. The van der Waals surface area contributed by atoms with Crippen LogP contribution in [0.4, 0.5) is 4.39 Å². The van der Waals surface area contributed by atoms with E-state index in [-0.39, 0.29) is 5.82 Å². The van der Waals surface area contributed by atoms with E-state index in [9.17, 15) is 4.39 Å². The van der Waals surface area contributed by atoms with Gasteiger partial charge in [-0.3, -0.25) is 0 Å². The number of nitrogens with zero attached hydrogens (tertiary/aromatic N) is 3. The molecule has 4 aromatic rings. The Bertz CT molecular complexity index is 1090. The number of fused-ring (bicyclic) bond motifs is 1.